The Morgan fingerprint density at radius 1 is 1.07 bits per heavy atom. The van der Waals surface area contributed by atoms with E-state index in [0.717, 1.165) is 41.2 Å². The van der Waals surface area contributed by atoms with Crippen LogP contribution in [0, 0.1) is 27.7 Å². The van der Waals surface area contributed by atoms with Gasteiger partial charge < -0.3 is 4.90 Å². The lowest BCUT2D eigenvalue weighted by Crippen LogP contribution is -2.34. The van der Waals surface area contributed by atoms with E-state index >= 15 is 0 Å². The lowest BCUT2D eigenvalue weighted by atomic mass is 10.1. The number of hydrogen-bond acceptors (Lipinski definition) is 4. The first kappa shape index (κ1) is 19.3. The molecule has 2 aromatic heterocycles. The van der Waals surface area contributed by atoms with Crippen LogP contribution in [0.15, 0.2) is 36.4 Å². The molecule has 0 bridgehead atoms. The molecule has 3 aromatic rings. The molecule has 29 heavy (non-hydrogen) atoms. The zero-order chi connectivity index (χ0) is 20.5. The third kappa shape index (κ3) is 4.21. The number of amides is 1. The summed E-state index contributed by atoms with van der Waals surface area (Å²) >= 11 is 0. The SMILES string of the molecule is Cc1cc(C)nc(-n2nc(C)c(CC(=O)N(Cc3ccccc3)C3CC3)c2C)n1. The standard InChI is InChI=1S/C23H27N5O/c1-15-12-16(2)25-23(24-15)28-18(4)21(17(3)26-28)13-22(29)27(20-10-11-20)14-19-8-6-5-7-9-19/h5-9,12,20H,10-11,13-14H2,1-4H3. The summed E-state index contributed by atoms with van der Waals surface area (Å²) in [6, 6.07) is 12.5. The van der Waals surface area contributed by atoms with Crippen LogP contribution in [0.3, 0.4) is 0 Å². The van der Waals surface area contributed by atoms with Crippen molar-refractivity contribution < 1.29 is 4.79 Å². The maximum atomic E-state index is 13.2. The lowest BCUT2D eigenvalue weighted by Gasteiger charge is -2.23. The smallest absolute Gasteiger partial charge is 0.251 e. The van der Waals surface area contributed by atoms with Gasteiger partial charge in [0.2, 0.25) is 5.91 Å². The summed E-state index contributed by atoms with van der Waals surface area (Å²) in [7, 11) is 0. The van der Waals surface area contributed by atoms with Crippen LogP contribution in [-0.2, 0) is 17.8 Å². The molecule has 1 aliphatic carbocycles. The number of benzene rings is 1. The number of aromatic nitrogens is 4. The molecule has 0 atom stereocenters. The van der Waals surface area contributed by atoms with Crippen molar-refractivity contribution in [3.8, 4) is 5.95 Å². The second-order valence-corrected chi connectivity index (χ2v) is 7.93. The maximum Gasteiger partial charge on any atom is 0.251 e. The fourth-order valence-electron chi connectivity index (χ4n) is 3.77. The zero-order valence-electron chi connectivity index (χ0n) is 17.5. The highest BCUT2D eigenvalue weighted by Crippen LogP contribution is 2.29. The number of nitrogens with zero attached hydrogens (tertiary/aromatic N) is 5. The van der Waals surface area contributed by atoms with Gasteiger partial charge in [-0.1, -0.05) is 30.3 Å². The van der Waals surface area contributed by atoms with Gasteiger partial charge >= 0.3 is 0 Å². The molecule has 4 rings (SSSR count). The summed E-state index contributed by atoms with van der Waals surface area (Å²) in [5, 5.41) is 4.64. The van der Waals surface area contributed by atoms with E-state index in [0.29, 0.717) is 25.0 Å². The first-order valence-corrected chi connectivity index (χ1v) is 10.1. The summed E-state index contributed by atoms with van der Waals surface area (Å²) in [5.41, 5.74) is 5.73. The average Bonchev–Trinajstić information content (AvgIpc) is 3.48. The van der Waals surface area contributed by atoms with E-state index in [-0.39, 0.29) is 5.91 Å². The van der Waals surface area contributed by atoms with Crippen LogP contribution in [-0.4, -0.2) is 36.6 Å². The molecule has 0 saturated heterocycles. The summed E-state index contributed by atoms with van der Waals surface area (Å²) < 4.78 is 1.76. The summed E-state index contributed by atoms with van der Waals surface area (Å²) in [4.78, 5) is 24.3. The van der Waals surface area contributed by atoms with Gasteiger partial charge in [-0.05, 0) is 52.2 Å². The number of aryl methyl sites for hydroxylation is 3. The Kier molecular flexibility index (Phi) is 5.18. The minimum Gasteiger partial charge on any atom is -0.335 e. The monoisotopic (exact) mass is 389 g/mol. The van der Waals surface area contributed by atoms with Gasteiger partial charge in [0.05, 0.1) is 12.1 Å². The Morgan fingerprint density at radius 3 is 2.34 bits per heavy atom. The Balaban J connectivity index is 1.58. The van der Waals surface area contributed by atoms with Crippen molar-refractivity contribution in [3.63, 3.8) is 0 Å². The number of carbonyl (C=O) groups is 1. The third-order valence-corrected chi connectivity index (χ3v) is 5.43. The van der Waals surface area contributed by atoms with Crippen molar-refractivity contribution in [2.45, 2.75) is 59.5 Å². The highest BCUT2D eigenvalue weighted by molar-refractivity contribution is 5.80. The molecule has 0 unspecified atom stereocenters. The van der Waals surface area contributed by atoms with Crippen LogP contribution in [0.2, 0.25) is 0 Å². The van der Waals surface area contributed by atoms with Gasteiger partial charge in [-0.15, -0.1) is 0 Å². The molecule has 0 N–H and O–H groups in total. The van der Waals surface area contributed by atoms with Crippen molar-refractivity contribution in [1.82, 2.24) is 24.6 Å². The number of carbonyl (C=O) groups excluding carboxylic acids is 1. The Labute approximate surface area is 171 Å². The first-order valence-electron chi connectivity index (χ1n) is 10.1. The second kappa shape index (κ2) is 7.78. The summed E-state index contributed by atoms with van der Waals surface area (Å²) in [6.07, 6.45) is 2.53. The van der Waals surface area contributed by atoms with Gasteiger partial charge in [0.25, 0.3) is 5.95 Å². The average molecular weight is 390 g/mol. The van der Waals surface area contributed by atoms with Crippen molar-refractivity contribution >= 4 is 5.91 Å². The molecule has 6 heteroatoms. The van der Waals surface area contributed by atoms with Gasteiger partial charge in [-0.2, -0.15) is 5.10 Å². The molecule has 0 aliphatic heterocycles. The normalized spacial score (nSPS) is 13.5. The molecule has 1 saturated carbocycles. The van der Waals surface area contributed by atoms with E-state index < -0.39 is 0 Å². The summed E-state index contributed by atoms with van der Waals surface area (Å²) in [6.45, 7) is 8.50. The highest BCUT2D eigenvalue weighted by atomic mass is 16.2. The molecule has 2 heterocycles. The Bertz CT molecular complexity index is 1020. The molecular formula is C23H27N5O. The molecule has 150 valence electrons. The minimum absolute atomic E-state index is 0.156. The van der Waals surface area contributed by atoms with Crippen LogP contribution in [0.4, 0.5) is 0 Å². The van der Waals surface area contributed by atoms with Gasteiger partial charge in [0, 0.05) is 35.2 Å². The molecule has 1 fully saturated rings. The lowest BCUT2D eigenvalue weighted by molar-refractivity contribution is -0.131. The van der Waals surface area contributed by atoms with E-state index in [1.165, 1.54) is 5.56 Å². The molecule has 6 nitrogen and oxygen atoms in total. The topological polar surface area (TPSA) is 63.9 Å². The fraction of sp³-hybridized carbons (Fsp3) is 0.391. The molecule has 0 radical (unpaired) electrons. The van der Waals surface area contributed by atoms with Crippen molar-refractivity contribution in [1.29, 1.82) is 0 Å². The van der Waals surface area contributed by atoms with Crippen LogP contribution in [0.25, 0.3) is 5.95 Å². The van der Waals surface area contributed by atoms with Crippen LogP contribution in [0.1, 0.15) is 46.7 Å². The van der Waals surface area contributed by atoms with E-state index in [2.05, 4.69) is 27.2 Å². The van der Waals surface area contributed by atoms with E-state index in [1.54, 1.807) is 4.68 Å². The number of rotatable bonds is 6. The van der Waals surface area contributed by atoms with Crippen LogP contribution < -0.4 is 0 Å². The number of hydrogen-bond donors (Lipinski definition) is 0. The van der Waals surface area contributed by atoms with Crippen LogP contribution in [0.5, 0.6) is 0 Å². The van der Waals surface area contributed by atoms with Crippen molar-refractivity contribution in [3.05, 3.63) is 70.3 Å². The quantitative estimate of drug-likeness (QED) is 0.646. The summed E-state index contributed by atoms with van der Waals surface area (Å²) in [5.74, 6) is 0.716. The van der Waals surface area contributed by atoms with Gasteiger partial charge in [-0.3, -0.25) is 4.79 Å². The van der Waals surface area contributed by atoms with Gasteiger partial charge in [0.1, 0.15) is 0 Å². The Hall–Kier alpha value is -3.02. The van der Waals surface area contributed by atoms with Crippen LogP contribution >= 0.6 is 0 Å². The van der Waals surface area contributed by atoms with E-state index in [9.17, 15) is 4.79 Å². The second-order valence-electron chi connectivity index (χ2n) is 7.93. The predicted octanol–water partition coefficient (Wildman–Crippen LogP) is 3.63. The largest absolute Gasteiger partial charge is 0.335 e. The zero-order valence-corrected chi connectivity index (χ0v) is 17.5. The van der Waals surface area contributed by atoms with Crippen molar-refractivity contribution in [2.24, 2.45) is 0 Å². The third-order valence-electron chi connectivity index (χ3n) is 5.43. The molecule has 1 aliphatic rings. The first-order chi connectivity index (χ1) is 13.9. The van der Waals surface area contributed by atoms with Gasteiger partial charge in [-0.25, -0.2) is 14.6 Å². The highest BCUT2D eigenvalue weighted by Gasteiger charge is 2.33. The molecule has 1 aromatic carbocycles. The maximum absolute atomic E-state index is 13.2. The molecular weight excluding hydrogens is 362 g/mol. The van der Waals surface area contributed by atoms with Crippen molar-refractivity contribution in [2.75, 3.05) is 0 Å². The molecule has 0 spiro atoms. The predicted molar refractivity (Wildman–Crippen MR) is 112 cm³/mol. The fourth-order valence-corrected chi connectivity index (χ4v) is 3.77. The molecule has 1 amide bonds. The Morgan fingerprint density at radius 2 is 1.72 bits per heavy atom. The van der Waals surface area contributed by atoms with E-state index in [1.807, 2.05) is 56.9 Å². The van der Waals surface area contributed by atoms with E-state index in [4.69, 9.17) is 0 Å². The van der Waals surface area contributed by atoms with Gasteiger partial charge in [0.15, 0.2) is 0 Å². The minimum atomic E-state index is 0.156.